The molecule has 0 bridgehead atoms. The van der Waals surface area contributed by atoms with E-state index in [0.717, 1.165) is 29.7 Å². The maximum Gasteiger partial charge on any atom is 0.311 e. The van der Waals surface area contributed by atoms with Gasteiger partial charge in [0, 0.05) is 16.5 Å². The fraction of sp³-hybridized carbons (Fsp3) is 0.278. The fourth-order valence-corrected chi connectivity index (χ4v) is 4.42. The van der Waals surface area contributed by atoms with E-state index in [-0.39, 0.29) is 17.7 Å². The lowest BCUT2D eigenvalue weighted by Crippen LogP contribution is -2.23. The Morgan fingerprint density at radius 1 is 1.25 bits per heavy atom. The van der Waals surface area contributed by atoms with Crippen molar-refractivity contribution in [3.8, 4) is 0 Å². The van der Waals surface area contributed by atoms with Gasteiger partial charge in [-0.15, -0.1) is 11.3 Å². The number of benzene rings is 1. The van der Waals surface area contributed by atoms with Crippen molar-refractivity contribution in [1.82, 2.24) is 0 Å². The van der Waals surface area contributed by atoms with Crippen LogP contribution in [0.25, 0.3) is 0 Å². The molecule has 0 aliphatic heterocycles. The van der Waals surface area contributed by atoms with Gasteiger partial charge in [0.2, 0.25) is 0 Å². The van der Waals surface area contributed by atoms with Crippen LogP contribution in [0, 0.1) is 10.1 Å². The van der Waals surface area contributed by atoms with E-state index in [2.05, 4.69) is 5.32 Å². The number of amides is 2. The van der Waals surface area contributed by atoms with Crippen LogP contribution in [0.3, 0.4) is 0 Å². The number of nitrogens with two attached hydrogens (primary N) is 1. The van der Waals surface area contributed by atoms with Crippen LogP contribution in [0.5, 0.6) is 0 Å². The Hall–Kier alpha value is -3.27. The van der Waals surface area contributed by atoms with Crippen LogP contribution in [0.2, 0.25) is 0 Å². The molecule has 0 atom stereocenters. The number of primary amides is 1. The molecule has 0 radical (unpaired) electrons. The van der Waals surface area contributed by atoms with Crippen molar-refractivity contribution in [3.63, 3.8) is 0 Å². The molecule has 1 aliphatic rings. The van der Waals surface area contributed by atoms with E-state index in [0.29, 0.717) is 10.6 Å². The van der Waals surface area contributed by atoms with Crippen LogP contribution in [0.15, 0.2) is 24.3 Å². The molecular weight excluding hydrogens is 386 g/mol. The number of carbonyl (C=O) groups is 3. The standard InChI is InChI=1S/C18H17N3O6S/c19-17(24)16-11-5-3-7-13(11)28-18(16)20-14(22)9-27-15(23)8-10-4-1-2-6-12(10)21(25)26/h1-2,4,6H,3,5,7-9H2,(H2,19,24)(H,20,22). The minimum Gasteiger partial charge on any atom is -0.455 e. The number of ether oxygens (including phenoxy) is 1. The van der Waals surface area contributed by atoms with Gasteiger partial charge in [0.15, 0.2) is 6.61 Å². The van der Waals surface area contributed by atoms with Crippen molar-refractivity contribution in [1.29, 1.82) is 0 Å². The van der Waals surface area contributed by atoms with E-state index >= 15 is 0 Å². The smallest absolute Gasteiger partial charge is 0.311 e. The third-order valence-electron chi connectivity index (χ3n) is 4.31. The fourth-order valence-electron chi connectivity index (χ4n) is 3.11. The van der Waals surface area contributed by atoms with E-state index in [1.807, 2.05) is 0 Å². The number of esters is 1. The molecule has 10 heteroatoms. The number of hydrogen-bond donors (Lipinski definition) is 2. The number of nitrogens with zero attached hydrogens (tertiary/aromatic N) is 1. The van der Waals surface area contributed by atoms with Crippen molar-refractivity contribution < 1.29 is 24.0 Å². The maximum absolute atomic E-state index is 12.1. The number of aryl methyl sites for hydroxylation is 1. The highest BCUT2D eigenvalue weighted by Gasteiger charge is 2.26. The van der Waals surface area contributed by atoms with Crippen LogP contribution in [0.4, 0.5) is 10.7 Å². The average Bonchev–Trinajstić information content (AvgIpc) is 3.20. The molecule has 0 spiro atoms. The van der Waals surface area contributed by atoms with Crippen LogP contribution in [-0.4, -0.2) is 29.3 Å². The molecule has 3 N–H and O–H groups in total. The summed E-state index contributed by atoms with van der Waals surface area (Å²) in [5.74, 6) is -1.99. The number of anilines is 1. The van der Waals surface area contributed by atoms with E-state index in [4.69, 9.17) is 10.5 Å². The highest BCUT2D eigenvalue weighted by Crippen LogP contribution is 2.38. The van der Waals surface area contributed by atoms with Gasteiger partial charge in [-0.05, 0) is 24.8 Å². The quantitative estimate of drug-likeness (QED) is 0.411. The van der Waals surface area contributed by atoms with Crippen LogP contribution in [0.1, 0.15) is 32.8 Å². The van der Waals surface area contributed by atoms with Crippen molar-refractivity contribution in [2.75, 3.05) is 11.9 Å². The molecule has 9 nitrogen and oxygen atoms in total. The minimum absolute atomic E-state index is 0.192. The lowest BCUT2D eigenvalue weighted by molar-refractivity contribution is -0.385. The highest BCUT2D eigenvalue weighted by molar-refractivity contribution is 7.17. The topological polar surface area (TPSA) is 142 Å². The molecule has 1 aliphatic carbocycles. The Bertz CT molecular complexity index is 968. The summed E-state index contributed by atoms with van der Waals surface area (Å²) >= 11 is 1.30. The number of nitro groups is 1. The molecule has 146 valence electrons. The van der Waals surface area contributed by atoms with Gasteiger partial charge in [0.05, 0.1) is 16.9 Å². The van der Waals surface area contributed by atoms with Crippen LogP contribution < -0.4 is 11.1 Å². The van der Waals surface area contributed by atoms with Crippen LogP contribution >= 0.6 is 11.3 Å². The maximum atomic E-state index is 12.1. The van der Waals surface area contributed by atoms with Gasteiger partial charge >= 0.3 is 5.97 Å². The van der Waals surface area contributed by atoms with Gasteiger partial charge in [-0.1, -0.05) is 18.2 Å². The zero-order chi connectivity index (χ0) is 20.3. The summed E-state index contributed by atoms with van der Waals surface area (Å²) in [4.78, 5) is 47.2. The Labute approximate surface area is 163 Å². The summed E-state index contributed by atoms with van der Waals surface area (Å²) in [6.45, 7) is -0.569. The van der Waals surface area contributed by atoms with Gasteiger partial charge in [-0.2, -0.15) is 0 Å². The van der Waals surface area contributed by atoms with E-state index in [1.54, 1.807) is 6.07 Å². The zero-order valence-corrected chi connectivity index (χ0v) is 15.5. The van der Waals surface area contributed by atoms with Gasteiger partial charge < -0.3 is 15.8 Å². The summed E-state index contributed by atoms with van der Waals surface area (Å²) in [5.41, 5.74) is 6.63. The number of fused-ring (bicyclic) bond motifs is 1. The van der Waals surface area contributed by atoms with Gasteiger partial charge in [0.25, 0.3) is 17.5 Å². The summed E-state index contributed by atoms with van der Waals surface area (Å²) in [6, 6.07) is 5.81. The molecule has 0 saturated heterocycles. The molecule has 0 fully saturated rings. The zero-order valence-electron chi connectivity index (χ0n) is 14.7. The predicted octanol–water partition coefficient (Wildman–Crippen LogP) is 1.97. The average molecular weight is 403 g/mol. The summed E-state index contributed by atoms with van der Waals surface area (Å²) in [5, 5.41) is 13.9. The number of para-hydroxylation sites is 1. The summed E-state index contributed by atoms with van der Waals surface area (Å²) in [6.07, 6.45) is 2.19. The number of thiophene rings is 1. The molecule has 3 rings (SSSR count). The monoisotopic (exact) mass is 403 g/mol. The highest BCUT2D eigenvalue weighted by atomic mass is 32.1. The first-order valence-electron chi connectivity index (χ1n) is 8.49. The summed E-state index contributed by atoms with van der Waals surface area (Å²) < 4.78 is 4.91. The molecule has 2 aromatic rings. The van der Waals surface area contributed by atoms with Gasteiger partial charge in [0.1, 0.15) is 5.00 Å². The van der Waals surface area contributed by atoms with Gasteiger partial charge in [-0.3, -0.25) is 24.5 Å². The Kier molecular flexibility index (Phi) is 5.69. The number of nitro benzene ring substituents is 1. The normalized spacial score (nSPS) is 12.3. The SMILES string of the molecule is NC(=O)c1c(NC(=O)COC(=O)Cc2ccccc2[N+](=O)[O-])sc2c1CCC2. The molecule has 1 heterocycles. The summed E-state index contributed by atoms with van der Waals surface area (Å²) in [7, 11) is 0. The Morgan fingerprint density at radius 3 is 2.71 bits per heavy atom. The second kappa shape index (κ2) is 8.17. The van der Waals surface area contributed by atoms with Gasteiger partial charge in [-0.25, -0.2) is 0 Å². The van der Waals surface area contributed by atoms with E-state index in [9.17, 15) is 24.5 Å². The number of hydrogen-bond acceptors (Lipinski definition) is 7. The Balaban J connectivity index is 1.59. The molecule has 1 aromatic carbocycles. The van der Waals surface area contributed by atoms with Crippen molar-refractivity contribution in [2.24, 2.45) is 5.73 Å². The Morgan fingerprint density at radius 2 is 2.00 bits per heavy atom. The van der Waals surface area contributed by atoms with Crippen molar-refractivity contribution in [2.45, 2.75) is 25.7 Å². The second-order valence-electron chi connectivity index (χ2n) is 6.20. The molecular formula is C18H17N3O6S. The predicted molar refractivity (Wildman–Crippen MR) is 101 cm³/mol. The largest absolute Gasteiger partial charge is 0.455 e. The molecule has 0 saturated carbocycles. The first-order chi connectivity index (χ1) is 13.4. The van der Waals surface area contributed by atoms with Crippen LogP contribution in [-0.2, 0) is 33.6 Å². The first kappa shape index (κ1) is 19.5. The third-order valence-corrected chi connectivity index (χ3v) is 5.52. The molecule has 2 amide bonds. The lowest BCUT2D eigenvalue weighted by Gasteiger charge is -2.07. The lowest BCUT2D eigenvalue weighted by atomic mass is 10.1. The minimum atomic E-state index is -0.770. The molecule has 1 aromatic heterocycles. The van der Waals surface area contributed by atoms with E-state index < -0.39 is 29.3 Å². The van der Waals surface area contributed by atoms with Crippen molar-refractivity contribution in [3.05, 3.63) is 55.9 Å². The van der Waals surface area contributed by atoms with Crippen molar-refractivity contribution >= 4 is 39.8 Å². The third kappa shape index (κ3) is 4.17. The van der Waals surface area contributed by atoms with E-state index in [1.165, 1.54) is 29.5 Å². The number of nitrogens with one attached hydrogen (secondary N) is 1. The second-order valence-corrected chi connectivity index (χ2v) is 7.30. The molecule has 0 unspecified atom stereocenters. The molecule has 28 heavy (non-hydrogen) atoms. The first-order valence-corrected chi connectivity index (χ1v) is 9.30. The number of rotatable bonds is 7. The number of carbonyl (C=O) groups excluding carboxylic acids is 3.